The zero-order valence-electron chi connectivity index (χ0n) is 9.37. The fourth-order valence-corrected chi connectivity index (χ4v) is 1.18. The molecule has 0 aliphatic heterocycles. The highest BCUT2D eigenvalue weighted by Gasteiger charge is 2.09. The molecule has 4 heteroatoms. The zero-order valence-corrected chi connectivity index (χ0v) is 9.37. The smallest absolute Gasteiger partial charge is 0.162 e. The molecule has 1 N–H and O–H groups in total. The average molecular weight is 226 g/mol. The summed E-state index contributed by atoms with van der Waals surface area (Å²) in [5, 5.41) is 9.26. The van der Waals surface area contributed by atoms with Crippen molar-refractivity contribution in [3.8, 4) is 5.75 Å². The number of Topliss-reactive ketones (excluding diaryl/α,β-unsaturated/α-hetero) is 1. The van der Waals surface area contributed by atoms with Gasteiger partial charge >= 0.3 is 0 Å². The zero-order chi connectivity index (χ0) is 12.1. The van der Waals surface area contributed by atoms with Gasteiger partial charge in [-0.3, -0.25) is 4.79 Å². The molecule has 1 atom stereocenters. The van der Waals surface area contributed by atoms with Crippen molar-refractivity contribution in [3.63, 3.8) is 0 Å². The normalized spacial score (nSPS) is 12.2. The standard InChI is InChI=1S/C12H15FO3/c1-3-9(15)7-16-10-4-5-11(8(2)14)12(13)6-10/h4-6,9,15H,3,7H2,1-2H3. The number of ether oxygens (including phenoxy) is 1. The van der Waals surface area contributed by atoms with Crippen LogP contribution >= 0.6 is 0 Å². The molecule has 0 aliphatic rings. The molecule has 0 radical (unpaired) electrons. The Morgan fingerprint density at radius 1 is 1.56 bits per heavy atom. The number of hydrogen-bond acceptors (Lipinski definition) is 3. The number of benzene rings is 1. The van der Waals surface area contributed by atoms with Crippen LogP contribution in [0.25, 0.3) is 0 Å². The van der Waals surface area contributed by atoms with E-state index < -0.39 is 11.9 Å². The second kappa shape index (κ2) is 5.61. The summed E-state index contributed by atoms with van der Waals surface area (Å²) in [7, 11) is 0. The lowest BCUT2D eigenvalue weighted by Crippen LogP contribution is -2.16. The van der Waals surface area contributed by atoms with Crippen molar-refractivity contribution < 1.29 is 19.0 Å². The maximum Gasteiger partial charge on any atom is 0.162 e. The summed E-state index contributed by atoms with van der Waals surface area (Å²) in [4.78, 5) is 11.0. The molecule has 1 rings (SSSR count). The quantitative estimate of drug-likeness (QED) is 0.783. The van der Waals surface area contributed by atoms with Gasteiger partial charge in [-0.1, -0.05) is 6.92 Å². The predicted octanol–water partition coefficient (Wildman–Crippen LogP) is 2.18. The van der Waals surface area contributed by atoms with E-state index >= 15 is 0 Å². The maximum atomic E-state index is 13.3. The maximum absolute atomic E-state index is 13.3. The van der Waals surface area contributed by atoms with Gasteiger partial charge in [-0.15, -0.1) is 0 Å². The Morgan fingerprint density at radius 2 is 2.25 bits per heavy atom. The van der Waals surface area contributed by atoms with Crippen molar-refractivity contribution in [1.29, 1.82) is 0 Å². The van der Waals surface area contributed by atoms with Crippen LogP contribution in [0, 0.1) is 5.82 Å². The molecule has 88 valence electrons. The molecule has 1 aromatic rings. The fraction of sp³-hybridized carbons (Fsp3) is 0.417. The lowest BCUT2D eigenvalue weighted by molar-refractivity contribution is 0.100. The van der Waals surface area contributed by atoms with Crippen molar-refractivity contribution in [1.82, 2.24) is 0 Å². The second-order valence-corrected chi connectivity index (χ2v) is 3.57. The first-order chi connectivity index (χ1) is 7.54. The number of carbonyl (C=O) groups is 1. The summed E-state index contributed by atoms with van der Waals surface area (Å²) in [6, 6.07) is 4.05. The van der Waals surface area contributed by atoms with E-state index in [0.29, 0.717) is 12.2 Å². The SMILES string of the molecule is CCC(O)COc1ccc(C(C)=O)c(F)c1. The third-order valence-electron chi connectivity index (χ3n) is 2.23. The molecule has 1 aromatic carbocycles. The first-order valence-electron chi connectivity index (χ1n) is 5.16. The second-order valence-electron chi connectivity index (χ2n) is 3.57. The van der Waals surface area contributed by atoms with Gasteiger partial charge in [0, 0.05) is 6.07 Å². The number of carbonyl (C=O) groups excluding carboxylic acids is 1. The molecule has 0 aromatic heterocycles. The first-order valence-corrected chi connectivity index (χ1v) is 5.16. The molecule has 0 spiro atoms. The fourth-order valence-electron chi connectivity index (χ4n) is 1.18. The van der Waals surface area contributed by atoms with Crippen LogP contribution in [0.2, 0.25) is 0 Å². The van der Waals surface area contributed by atoms with Gasteiger partial charge in [-0.05, 0) is 25.5 Å². The summed E-state index contributed by atoms with van der Waals surface area (Å²) < 4.78 is 18.5. The molecule has 0 saturated heterocycles. The highest BCUT2D eigenvalue weighted by atomic mass is 19.1. The Bertz CT molecular complexity index is 377. The van der Waals surface area contributed by atoms with Gasteiger partial charge < -0.3 is 9.84 Å². The molecule has 3 nitrogen and oxygen atoms in total. The Balaban J connectivity index is 2.70. The topological polar surface area (TPSA) is 46.5 Å². The van der Waals surface area contributed by atoms with E-state index in [-0.39, 0.29) is 18.0 Å². The average Bonchev–Trinajstić information content (AvgIpc) is 2.25. The summed E-state index contributed by atoms with van der Waals surface area (Å²) in [5.41, 5.74) is 0.0448. The van der Waals surface area contributed by atoms with E-state index in [1.165, 1.54) is 19.1 Å². The minimum atomic E-state index is -0.601. The molecule has 0 bridgehead atoms. The largest absolute Gasteiger partial charge is 0.491 e. The van der Waals surface area contributed by atoms with Crippen LogP contribution in [0.4, 0.5) is 4.39 Å². The van der Waals surface area contributed by atoms with Crippen molar-refractivity contribution in [2.45, 2.75) is 26.4 Å². The van der Waals surface area contributed by atoms with E-state index in [4.69, 9.17) is 4.74 Å². The molecule has 0 amide bonds. The molecule has 0 aliphatic carbocycles. The summed E-state index contributed by atoms with van der Waals surface area (Å²) >= 11 is 0. The number of rotatable bonds is 5. The molecule has 0 fully saturated rings. The van der Waals surface area contributed by atoms with Crippen LogP contribution in [0.15, 0.2) is 18.2 Å². The van der Waals surface area contributed by atoms with E-state index in [0.717, 1.165) is 6.07 Å². The summed E-state index contributed by atoms with van der Waals surface area (Å²) in [6.45, 7) is 3.25. The van der Waals surface area contributed by atoms with Gasteiger partial charge in [-0.25, -0.2) is 4.39 Å². The number of hydrogen-bond donors (Lipinski definition) is 1. The van der Waals surface area contributed by atoms with Crippen LogP contribution in [0.5, 0.6) is 5.75 Å². The van der Waals surface area contributed by atoms with E-state index in [2.05, 4.69) is 0 Å². The first kappa shape index (κ1) is 12.6. The number of aliphatic hydroxyl groups excluding tert-OH is 1. The van der Waals surface area contributed by atoms with Gasteiger partial charge in [0.05, 0.1) is 11.7 Å². The molecular formula is C12H15FO3. The molecule has 0 heterocycles. The van der Waals surface area contributed by atoms with Crippen molar-refractivity contribution >= 4 is 5.78 Å². The van der Waals surface area contributed by atoms with Crippen molar-refractivity contribution in [2.24, 2.45) is 0 Å². The number of ketones is 1. The van der Waals surface area contributed by atoms with Crippen LogP contribution in [0.1, 0.15) is 30.6 Å². The van der Waals surface area contributed by atoms with E-state index in [9.17, 15) is 14.3 Å². The molecule has 1 unspecified atom stereocenters. The van der Waals surface area contributed by atoms with Gasteiger partial charge in [-0.2, -0.15) is 0 Å². The van der Waals surface area contributed by atoms with Gasteiger partial charge in [0.15, 0.2) is 5.78 Å². The van der Waals surface area contributed by atoms with Crippen LogP contribution < -0.4 is 4.74 Å². The lowest BCUT2D eigenvalue weighted by Gasteiger charge is -2.10. The Labute approximate surface area is 93.9 Å². The Hall–Kier alpha value is -1.42. The predicted molar refractivity (Wildman–Crippen MR) is 58.2 cm³/mol. The highest BCUT2D eigenvalue weighted by molar-refractivity contribution is 5.94. The third-order valence-corrected chi connectivity index (χ3v) is 2.23. The van der Waals surface area contributed by atoms with E-state index in [1.807, 2.05) is 6.92 Å². The minimum Gasteiger partial charge on any atom is -0.491 e. The molecular weight excluding hydrogens is 211 g/mol. The highest BCUT2D eigenvalue weighted by Crippen LogP contribution is 2.17. The van der Waals surface area contributed by atoms with Gasteiger partial charge in [0.1, 0.15) is 18.2 Å². The minimum absolute atomic E-state index is 0.0448. The summed E-state index contributed by atoms with van der Waals surface area (Å²) in [6.07, 6.45) is 0.0177. The van der Waals surface area contributed by atoms with Crippen molar-refractivity contribution in [2.75, 3.05) is 6.61 Å². The van der Waals surface area contributed by atoms with Gasteiger partial charge in [0.2, 0.25) is 0 Å². The number of aliphatic hydroxyl groups is 1. The van der Waals surface area contributed by atoms with Crippen molar-refractivity contribution in [3.05, 3.63) is 29.6 Å². The van der Waals surface area contributed by atoms with Crippen LogP contribution in [-0.4, -0.2) is 23.6 Å². The summed E-state index contributed by atoms with van der Waals surface area (Å²) in [5.74, 6) is -0.608. The third kappa shape index (κ3) is 3.31. The molecule has 16 heavy (non-hydrogen) atoms. The number of halogens is 1. The van der Waals surface area contributed by atoms with E-state index in [1.54, 1.807) is 0 Å². The van der Waals surface area contributed by atoms with Crippen LogP contribution in [-0.2, 0) is 0 Å². The Morgan fingerprint density at radius 3 is 2.75 bits per heavy atom. The van der Waals surface area contributed by atoms with Gasteiger partial charge in [0.25, 0.3) is 0 Å². The Kier molecular flexibility index (Phi) is 4.43. The monoisotopic (exact) mass is 226 g/mol. The molecule has 0 saturated carbocycles. The lowest BCUT2D eigenvalue weighted by atomic mass is 10.1. The van der Waals surface area contributed by atoms with Crippen LogP contribution in [0.3, 0.4) is 0 Å².